The smallest absolute Gasteiger partial charge is 0.338 e. The minimum atomic E-state index is -0.712. The van der Waals surface area contributed by atoms with Gasteiger partial charge in [0.15, 0.2) is 5.82 Å². The highest BCUT2D eigenvalue weighted by atomic mass is 19.1. The summed E-state index contributed by atoms with van der Waals surface area (Å²) in [6.07, 6.45) is 0.546. The van der Waals surface area contributed by atoms with Gasteiger partial charge in [0.05, 0.1) is 30.3 Å². The van der Waals surface area contributed by atoms with Crippen LogP contribution in [-0.2, 0) is 22.4 Å². The van der Waals surface area contributed by atoms with Crippen LogP contribution in [0.25, 0.3) is 22.2 Å². The highest BCUT2D eigenvalue weighted by molar-refractivity contribution is 5.94. The fourth-order valence-corrected chi connectivity index (χ4v) is 4.32. The SMILES string of the molecule is CCOC(=O)c1cc(F)c2nc(Cc3cc(F)c(-c4cccc(O)c4)cc3F)n(CC3CCO3)c2c1. The van der Waals surface area contributed by atoms with Crippen molar-refractivity contribution >= 4 is 17.0 Å². The van der Waals surface area contributed by atoms with E-state index in [-0.39, 0.29) is 47.1 Å². The van der Waals surface area contributed by atoms with Gasteiger partial charge in [-0.25, -0.2) is 22.9 Å². The second-order valence-electron chi connectivity index (χ2n) is 8.62. The Labute approximate surface area is 204 Å². The van der Waals surface area contributed by atoms with E-state index in [0.717, 1.165) is 24.6 Å². The highest BCUT2D eigenvalue weighted by Crippen LogP contribution is 2.30. The molecule has 0 saturated carbocycles. The van der Waals surface area contributed by atoms with E-state index in [9.17, 15) is 14.3 Å². The molecule has 2 heterocycles. The van der Waals surface area contributed by atoms with Crippen LogP contribution in [0.3, 0.4) is 0 Å². The predicted molar refractivity (Wildman–Crippen MR) is 126 cm³/mol. The number of carbonyl (C=O) groups is 1. The van der Waals surface area contributed by atoms with Crippen molar-refractivity contribution in [1.82, 2.24) is 9.55 Å². The van der Waals surface area contributed by atoms with Crippen molar-refractivity contribution in [2.45, 2.75) is 32.4 Å². The average molecular weight is 496 g/mol. The molecule has 4 aromatic rings. The number of benzene rings is 3. The maximum absolute atomic E-state index is 15.1. The third-order valence-electron chi connectivity index (χ3n) is 6.22. The number of fused-ring (bicyclic) bond motifs is 1. The number of phenols is 1. The summed E-state index contributed by atoms with van der Waals surface area (Å²) >= 11 is 0. The lowest BCUT2D eigenvalue weighted by atomic mass is 10.0. The van der Waals surface area contributed by atoms with E-state index < -0.39 is 23.4 Å². The number of ether oxygens (including phenoxy) is 2. The Bertz CT molecular complexity index is 1460. The first-order valence-electron chi connectivity index (χ1n) is 11.6. The maximum Gasteiger partial charge on any atom is 0.338 e. The zero-order valence-corrected chi connectivity index (χ0v) is 19.4. The second kappa shape index (κ2) is 9.66. The number of esters is 1. The topological polar surface area (TPSA) is 73.6 Å². The van der Waals surface area contributed by atoms with Gasteiger partial charge in [0.1, 0.15) is 28.7 Å². The van der Waals surface area contributed by atoms with E-state index in [1.54, 1.807) is 23.6 Å². The summed E-state index contributed by atoms with van der Waals surface area (Å²) < 4.78 is 57.3. The Morgan fingerprint density at radius 1 is 1.14 bits per heavy atom. The molecule has 0 bridgehead atoms. The lowest BCUT2D eigenvalue weighted by Crippen LogP contribution is -2.31. The van der Waals surface area contributed by atoms with E-state index >= 15 is 8.78 Å². The van der Waals surface area contributed by atoms with Crippen LogP contribution in [0.15, 0.2) is 48.5 Å². The number of aromatic hydroxyl groups is 1. The molecule has 1 aliphatic heterocycles. The van der Waals surface area contributed by atoms with Crippen LogP contribution in [0.4, 0.5) is 13.2 Å². The number of hydrogen-bond acceptors (Lipinski definition) is 5. The summed E-state index contributed by atoms with van der Waals surface area (Å²) in [6.45, 7) is 2.72. The lowest BCUT2D eigenvalue weighted by Gasteiger charge is -2.27. The van der Waals surface area contributed by atoms with Crippen molar-refractivity contribution in [3.8, 4) is 16.9 Å². The van der Waals surface area contributed by atoms with Crippen LogP contribution >= 0.6 is 0 Å². The van der Waals surface area contributed by atoms with Gasteiger partial charge in [-0.1, -0.05) is 12.1 Å². The quantitative estimate of drug-likeness (QED) is 0.348. The van der Waals surface area contributed by atoms with Gasteiger partial charge in [-0.05, 0) is 60.9 Å². The molecule has 0 radical (unpaired) electrons. The van der Waals surface area contributed by atoms with Gasteiger partial charge < -0.3 is 19.1 Å². The number of aromatic nitrogens is 2. The molecule has 186 valence electrons. The molecule has 0 amide bonds. The van der Waals surface area contributed by atoms with Crippen molar-refractivity contribution < 1.29 is 32.5 Å². The molecule has 3 aromatic carbocycles. The Balaban J connectivity index is 1.56. The Kier molecular flexibility index (Phi) is 6.40. The lowest BCUT2D eigenvalue weighted by molar-refractivity contribution is -0.0589. The largest absolute Gasteiger partial charge is 0.508 e. The summed E-state index contributed by atoms with van der Waals surface area (Å²) in [5.41, 5.74) is 0.787. The first kappa shape index (κ1) is 23.9. The summed E-state index contributed by atoms with van der Waals surface area (Å²) in [5.74, 6) is -2.46. The monoisotopic (exact) mass is 496 g/mol. The first-order chi connectivity index (χ1) is 17.3. The van der Waals surface area contributed by atoms with Crippen LogP contribution in [0.1, 0.15) is 35.1 Å². The first-order valence-corrected chi connectivity index (χ1v) is 11.6. The van der Waals surface area contributed by atoms with E-state index in [1.165, 1.54) is 18.2 Å². The maximum atomic E-state index is 15.1. The van der Waals surface area contributed by atoms with E-state index in [1.807, 2.05) is 0 Å². The molecule has 36 heavy (non-hydrogen) atoms. The van der Waals surface area contributed by atoms with Crippen molar-refractivity contribution in [2.75, 3.05) is 13.2 Å². The molecule has 1 atom stereocenters. The minimum Gasteiger partial charge on any atom is -0.508 e. The second-order valence-corrected chi connectivity index (χ2v) is 8.62. The minimum absolute atomic E-state index is 0.00800. The van der Waals surface area contributed by atoms with E-state index in [0.29, 0.717) is 30.1 Å². The summed E-state index contributed by atoms with van der Waals surface area (Å²) in [7, 11) is 0. The van der Waals surface area contributed by atoms with Crippen LogP contribution in [0.2, 0.25) is 0 Å². The fourth-order valence-electron chi connectivity index (χ4n) is 4.32. The number of imidazole rings is 1. The number of rotatable bonds is 7. The van der Waals surface area contributed by atoms with Gasteiger partial charge in [-0.3, -0.25) is 0 Å². The van der Waals surface area contributed by atoms with Gasteiger partial charge >= 0.3 is 5.97 Å². The van der Waals surface area contributed by atoms with E-state index in [2.05, 4.69) is 4.98 Å². The standard InChI is InChI=1S/C27H23F3N2O4/c1-2-35-27(34)17-10-23(30)26-24(11-17)32(14-19-6-7-36-19)25(31-26)12-16-9-22(29)20(13-21(16)28)15-4-3-5-18(33)8-15/h3-5,8-11,13,19,33H,2,6-7,12,14H2,1H3. The Morgan fingerprint density at radius 2 is 1.94 bits per heavy atom. The average Bonchev–Trinajstić information content (AvgIpc) is 3.16. The molecule has 0 aliphatic carbocycles. The molecule has 0 spiro atoms. The third kappa shape index (κ3) is 4.54. The van der Waals surface area contributed by atoms with Gasteiger partial charge in [0.25, 0.3) is 0 Å². The van der Waals surface area contributed by atoms with Crippen LogP contribution < -0.4 is 0 Å². The van der Waals surface area contributed by atoms with Gasteiger partial charge in [0, 0.05) is 18.6 Å². The molecule has 1 saturated heterocycles. The number of hydrogen-bond donors (Lipinski definition) is 1. The highest BCUT2D eigenvalue weighted by Gasteiger charge is 2.25. The Morgan fingerprint density at radius 3 is 2.64 bits per heavy atom. The van der Waals surface area contributed by atoms with Crippen LogP contribution in [0.5, 0.6) is 5.75 Å². The number of carbonyl (C=O) groups excluding carboxylic acids is 1. The molecule has 9 heteroatoms. The molecule has 1 N–H and O–H groups in total. The number of halogens is 3. The molecule has 1 aromatic heterocycles. The molecule has 6 nitrogen and oxygen atoms in total. The zero-order chi connectivity index (χ0) is 25.4. The molecule has 1 fully saturated rings. The molecule has 5 rings (SSSR count). The summed E-state index contributed by atoms with van der Waals surface area (Å²) in [5, 5.41) is 9.69. The summed E-state index contributed by atoms with van der Waals surface area (Å²) in [4.78, 5) is 16.6. The molecule has 1 unspecified atom stereocenters. The third-order valence-corrected chi connectivity index (χ3v) is 6.22. The van der Waals surface area contributed by atoms with Crippen molar-refractivity contribution in [2.24, 2.45) is 0 Å². The molecular formula is C27H23F3N2O4. The van der Waals surface area contributed by atoms with E-state index in [4.69, 9.17) is 9.47 Å². The number of nitrogens with zero attached hydrogens (tertiary/aromatic N) is 2. The normalized spacial score (nSPS) is 15.2. The van der Waals surface area contributed by atoms with Crippen LogP contribution in [-0.4, -0.2) is 39.9 Å². The van der Waals surface area contributed by atoms with Crippen LogP contribution in [0, 0.1) is 17.5 Å². The Hall–Kier alpha value is -3.85. The summed E-state index contributed by atoms with van der Waals surface area (Å²) in [6, 6.07) is 10.6. The number of phenolic OH excluding ortho intramolecular Hbond substituents is 1. The van der Waals surface area contributed by atoms with Gasteiger partial charge in [0.2, 0.25) is 0 Å². The molecule has 1 aliphatic rings. The fraction of sp³-hybridized carbons (Fsp3) is 0.259. The van der Waals surface area contributed by atoms with Crippen molar-refractivity contribution in [3.63, 3.8) is 0 Å². The van der Waals surface area contributed by atoms with Crippen molar-refractivity contribution in [1.29, 1.82) is 0 Å². The van der Waals surface area contributed by atoms with Gasteiger partial charge in [-0.2, -0.15) is 0 Å². The molecular weight excluding hydrogens is 473 g/mol. The van der Waals surface area contributed by atoms with Gasteiger partial charge in [-0.15, -0.1) is 0 Å². The predicted octanol–water partition coefficient (Wildman–Crippen LogP) is 5.38. The van der Waals surface area contributed by atoms with Crippen molar-refractivity contribution in [3.05, 3.63) is 82.9 Å². The zero-order valence-electron chi connectivity index (χ0n) is 19.4.